The SMILES string of the molecule is CC(C#N)CN(C)C(=O)c1ccc2ccccc2c1O. The second-order valence-corrected chi connectivity index (χ2v) is 4.90. The van der Waals surface area contributed by atoms with E-state index in [2.05, 4.69) is 6.07 Å². The van der Waals surface area contributed by atoms with Gasteiger partial charge in [0.1, 0.15) is 5.75 Å². The first-order valence-corrected chi connectivity index (χ1v) is 6.40. The molecule has 4 nitrogen and oxygen atoms in total. The number of rotatable bonds is 3. The first-order chi connectivity index (χ1) is 9.54. The third-order valence-electron chi connectivity index (χ3n) is 3.25. The monoisotopic (exact) mass is 268 g/mol. The highest BCUT2D eigenvalue weighted by atomic mass is 16.3. The van der Waals surface area contributed by atoms with E-state index in [0.29, 0.717) is 11.9 Å². The van der Waals surface area contributed by atoms with Crippen molar-refractivity contribution in [2.75, 3.05) is 13.6 Å². The molecule has 4 heteroatoms. The highest BCUT2D eigenvalue weighted by Gasteiger charge is 2.18. The Bertz CT molecular complexity index is 688. The lowest BCUT2D eigenvalue weighted by atomic mass is 10.0. The number of phenolic OH excluding ortho intramolecular Hbond substituents is 1. The molecule has 0 aliphatic carbocycles. The van der Waals surface area contributed by atoms with Gasteiger partial charge in [-0.1, -0.05) is 30.3 Å². The quantitative estimate of drug-likeness (QED) is 0.930. The average Bonchev–Trinajstić information content (AvgIpc) is 2.47. The molecule has 0 spiro atoms. The first kappa shape index (κ1) is 13.9. The number of hydrogen-bond donors (Lipinski definition) is 1. The summed E-state index contributed by atoms with van der Waals surface area (Å²) < 4.78 is 0. The zero-order valence-electron chi connectivity index (χ0n) is 11.5. The Labute approximate surface area is 117 Å². The summed E-state index contributed by atoms with van der Waals surface area (Å²) in [7, 11) is 1.63. The van der Waals surface area contributed by atoms with Crippen LogP contribution in [-0.2, 0) is 0 Å². The van der Waals surface area contributed by atoms with E-state index < -0.39 is 0 Å². The van der Waals surface area contributed by atoms with E-state index in [-0.39, 0.29) is 23.1 Å². The third kappa shape index (κ3) is 2.57. The number of carbonyl (C=O) groups excluding carboxylic acids is 1. The molecule has 0 aliphatic rings. The van der Waals surface area contributed by atoms with Gasteiger partial charge in [0.25, 0.3) is 5.91 Å². The maximum absolute atomic E-state index is 12.3. The Morgan fingerprint density at radius 1 is 1.35 bits per heavy atom. The summed E-state index contributed by atoms with van der Waals surface area (Å²) in [4.78, 5) is 13.8. The van der Waals surface area contributed by atoms with E-state index in [4.69, 9.17) is 5.26 Å². The third-order valence-corrected chi connectivity index (χ3v) is 3.25. The van der Waals surface area contributed by atoms with Gasteiger partial charge < -0.3 is 10.0 Å². The molecular formula is C16H16N2O2. The molecule has 102 valence electrons. The number of amides is 1. The molecular weight excluding hydrogens is 252 g/mol. The molecule has 1 N–H and O–H groups in total. The first-order valence-electron chi connectivity index (χ1n) is 6.40. The molecule has 2 aromatic rings. The Morgan fingerprint density at radius 2 is 2.05 bits per heavy atom. The van der Waals surface area contributed by atoms with E-state index in [1.165, 1.54) is 4.90 Å². The summed E-state index contributed by atoms with van der Waals surface area (Å²) in [6, 6.07) is 12.9. The second kappa shape index (κ2) is 5.62. The van der Waals surface area contributed by atoms with E-state index in [9.17, 15) is 9.90 Å². The number of phenols is 1. The summed E-state index contributed by atoms with van der Waals surface area (Å²) in [5.74, 6) is -0.536. The van der Waals surface area contributed by atoms with E-state index in [0.717, 1.165) is 5.39 Å². The van der Waals surface area contributed by atoms with Crippen LogP contribution in [0.3, 0.4) is 0 Å². The van der Waals surface area contributed by atoms with Crippen molar-refractivity contribution in [2.24, 2.45) is 5.92 Å². The van der Waals surface area contributed by atoms with Crippen LogP contribution >= 0.6 is 0 Å². The maximum Gasteiger partial charge on any atom is 0.257 e. The van der Waals surface area contributed by atoms with Gasteiger partial charge in [-0.2, -0.15) is 5.26 Å². The largest absolute Gasteiger partial charge is 0.506 e. The highest BCUT2D eigenvalue weighted by molar-refractivity contribution is 6.03. The van der Waals surface area contributed by atoms with Crippen molar-refractivity contribution in [1.29, 1.82) is 5.26 Å². The lowest BCUT2D eigenvalue weighted by molar-refractivity contribution is 0.0782. The average molecular weight is 268 g/mol. The predicted molar refractivity (Wildman–Crippen MR) is 77.4 cm³/mol. The van der Waals surface area contributed by atoms with Crippen molar-refractivity contribution < 1.29 is 9.90 Å². The fraction of sp³-hybridized carbons (Fsp3) is 0.250. The zero-order valence-corrected chi connectivity index (χ0v) is 11.5. The minimum absolute atomic E-state index is 0.00967. The summed E-state index contributed by atoms with van der Waals surface area (Å²) in [5, 5.41) is 20.6. The van der Waals surface area contributed by atoms with Gasteiger partial charge in [0.15, 0.2) is 0 Å². The Kier molecular flexibility index (Phi) is 3.90. The Balaban J connectivity index is 2.36. The number of nitriles is 1. The molecule has 0 saturated carbocycles. The Morgan fingerprint density at radius 3 is 2.75 bits per heavy atom. The molecule has 1 atom stereocenters. The fourth-order valence-electron chi connectivity index (χ4n) is 2.17. The van der Waals surface area contributed by atoms with Crippen LogP contribution in [0.2, 0.25) is 0 Å². The van der Waals surface area contributed by atoms with Crippen molar-refractivity contribution >= 4 is 16.7 Å². The van der Waals surface area contributed by atoms with Crippen LogP contribution < -0.4 is 0 Å². The lowest BCUT2D eigenvalue weighted by Crippen LogP contribution is -2.30. The van der Waals surface area contributed by atoms with Crippen LogP contribution in [0, 0.1) is 17.2 Å². The topological polar surface area (TPSA) is 64.3 Å². The number of aromatic hydroxyl groups is 1. The van der Waals surface area contributed by atoms with Crippen LogP contribution in [0.25, 0.3) is 10.8 Å². The minimum atomic E-state index is -0.282. The van der Waals surface area contributed by atoms with Gasteiger partial charge in [-0.05, 0) is 18.4 Å². The zero-order chi connectivity index (χ0) is 14.7. The number of benzene rings is 2. The molecule has 20 heavy (non-hydrogen) atoms. The van der Waals surface area contributed by atoms with Crippen LogP contribution in [-0.4, -0.2) is 29.5 Å². The number of hydrogen-bond acceptors (Lipinski definition) is 3. The van der Waals surface area contributed by atoms with Gasteiger partial charge in [0.2, 0.25) is 0 Å². The normalized spacial score (nSPS) is 11.8. The summed E-state index contributed by atoms with van der Waals surface area (Å²) >= 11 is 0. The lowest BCUT2D eigenvalue weighted by Gasteiger charge is -2.19. The molecule has 2 rings (SSSR count). The smallest absolute Gasteiger partial charge is 0.257 e. The highest BCUT2D eigenvalue weighted by Crippen LogP contribution is 2.29. The second-order valence-electron chi connectivity index (χ2n) is 4.90. The van der Waals surface area contributed by atoms with E-state index in [1.807, 2.05) is 24.3 Å². The van der Waals surface area contributed by atoms with Crippen LogP contribution in [0.15, 0.2) is 36.4 Å². The van der Waals surface area contributed by atoms with Gasteiger partial charge in [0, 0.05) is 19.0 Å². The van der Waals surface area contributed by atoms with Gasteiger partial charge >= 0.3 is 0 Å². The van der Waals surface area contributed by atoms with Gasteiger partial charge in [0.05, 0.1) is 17.6 Å². The molecule has 0 heterocycles. The standard InChI is InChI=1S/C16H16N2O2/c1-11(9-17)10-18(2)16(20)14-8-7-12-5-3-4-6-13(12)15(14)19/h3-8,11,19H,10H2,1-2H3. The molecule has 0 aromatic heterocycles. The summed E-state index contributed by atoms with van der Waals surface area (Å²) in [6.07, 6.45) is 0. The summed E-state index contributed by atoms with van der Waals surface area (Å²) in [6.45, 7) is 2.09. The molecule has 0 radical (unpaired) electrons. The molecule has 2 aromatic carbocycles. The van der Waals surface area contributed by atoms with Crippen LogP contribution in [0.4, 0.5) is 0 Å². The molecule has 1 amide bonds. The number of nitrogens with zero attached hydrogens (tertiary/aromatic N) is 2. The minimum Gasteiger partial charge on any atom is -0.506 e. The predicted octanol–water partition coefficient (Wildman–Crippen LogP) is 2.78. The Hall–Kier alpha value is -2.54. The molecule has 1 unspecified atom stereocenters. The fourth-order valence-corrected chi connectivity index (χ4v) is 2.17. The number of carbonyl (C=O) groups is 1. The van der Waals surface area contributed by atoms with Gasteiger partial charge in [-0.25, -0.2) is 0 Å². The van der Waals surface area contributed by atoms with Crippen molar-refractivity contribution in [3.8, 4) is 11.8 Å². The van der Waals surface area contributed by atoms with Crippen LogP contribution in [0.5, 0.6) is 5.75 Å². The maximum atomic E-state index is 12.3. The molecule has 0 bridgehead atoms. The van der Waals surface area contributed by atoms with E-state index in [1.54, 1.807) is 26.1 Å². The van der Waals surface area contributed by atoms with Crippen molar-refractivity contribution in [1.82, 2.24) is 4.90 Å². The molecule has 0 aliphatic heterocycles. The van der Waals surface area contributed by atoms with Crippen molar-refractivity contribution in [3.63, 3.8) is 0 Å². The van der Waals surface area contributed by atoms with Crippen molar-refractivity contribution in [2.45, 2.75) is 6.92 Å². The number of fused-ring (bicyclic) bond motifs is 1. The van der Waals surface area contributed by atoms with Gasteiger partial charge in [-0.3, -0.25) is 4.79 Å². The summed E-state index contributed by atoms with van der Waals surface area (Å²) in [5.41, 5.74) is 0.260. The molecule has 0 saturated heterocycles. The van der Waals surface area contributed by atoms with E-state index >= 15 is 0 Å². The van der Waals surface area contributed by atoms with Gasteiger partial charge in [-0.15, -0.1) is 0 Å². The van der Waals surface area contributed by atoms with Crippen LogP contribution in [0.1, 0.15) is 17.3 Å². The molecule has 0 fully saturated rings. The van der Waals surface area contributed by atoms with Crippen molar-refractivity contribution in [3.05, 3.63) is 42.0 Å².